The Bertz CT molecular complexity index is 895. The van der Waals surface area contributed by atoms with Gasteiger partial charge >= 0.3 is 0 Å². The van der Waals surface area contributed by atoms with E-state index in [-0.39, 0.29) is 30.5 Å². The lowest BCUT2D eigenvalue weighted by atomic mass is 10.1. The molecule has 1 aliphatic heterocycles. The summed E-state index contributed by atoms with van der Waals surface area (Å²) in [7, 11) is 0. The van der Waals surface area contributed by atoms with E-state index in [1.165, 1.54) is 65.2 Å². The summed E-state index contributed by atoms with van der Waals surface area (Å²) in [4.78, 5) is 30.9. The van der Waals surface area contributed by atoms with Gasteiger partial charge in [0.15, 0.2) is 11.0 Å². The normalized spacial score (nSPS) is 18.1. The Kier molecular flexibility index (Phi) is 5.81. The molecular weight excluding hydrogens is 370 g/mol. The fourth-order valence-corrected chi connectivity index (χ4v) is 3.74. The van der Waals surface area contributed by atoms with Crippen molar-refractivity contribution in [3.8, 4) is 0 Å². The molecule has 27 heavy (non-hydrogen) atoms. The van der Waals surface area contributed by atoms with Gasteiger partial charge in [-0.3, -0.25) is 14.5 Å². The molecule has 2 aromatic rings. The van der Waals surface area contributed by atoms with Crippen LogP contribution in [0.2, 0.25) is 0 Å². The largest absolute Gasteiger partial charge is 0.294 e. The van der Waals surface area contributed by atoms with Crippen LogP contribution in [0.3, 0.4) is 0 Å². The zero-order chi connectivity index (χ0) is 19.4. The van der Waals surface area contributed by atoms with E-state index in [0.717, 1.165) is 0 Å². The first-order valence-electron chi connectivity index (χ1n) is 8.20. The lowest BCUT2D eigenvalue weighted by Gasteiger charge is -2.13. The van der Waals surface area contributed by atoms with E-state index in [2.05, 4.69) is 11.6 Å². The van der Waals surface area contributed by atoms with Gasteiger partial charge in [-0.25, -0.2) is 13.8 Å². The van der Waals surface area contributed by atoms with Crippen LogP contribution in [0.25, 0.3) is 0 Å². The quantitative estimate of drug-likeness (QED) is 0.548. The number of ketones is 1. The molecule has 3 rings (SSSR count). The van der Waals surface area contributed by atoms with Crippen LogP contribution in [-0.4, -0.2) is 33.6 Å². The van der Waals surface area contributed by atoms with Crippen molar-refractivity contribution in [2.75, 3.05) is 6.54 Å². The molecule has 1 amide bonds. The molecule has 0 unspecified atom stereocenters. The molecule has 1 aliphatic rings. The van der Waals surface area contributed by atoms with Crippen LogP contribution in [0.15, 0.2) is 66.2 Å². The summed E-state index contributed by atoms with van der Waals surface area (Å²) in [5.74, 6) is -1.29. The van der Waals surface area contributed by atoms with Gasteiger partial charge in [-0.15, -0.1) is 6.58 Å². The second-order valence-electron chi connectivity index (χ2n) is 5.85. The molecule has 0 aromatic heterocycles. The molecule has 1 fully saturated rings. The molecule has 1 heterocycles. The van der Waals surface area contributed by atoms with Crippen LogP contribution in [-0.2, 0) is 4.79 Å². The van der Waals surface area contributed by atoms with Crippen molar-refractivity contribution in [2.24, 2.45) is 4.99 Å². The van der Waals surface area contributed by atoms with E-state index in [1.54, 1.807) is 6.08 Å². The van der Waals surface area contributed by atoms with Crippen LogP contribution < -0.4 is 0 Å². The fourth-order valence-electron chi connectivity index (χ4n) is 2.57. The van der Waals surface area contributed by atoms with E-state index >= 15 is 0 Å². The highest BCUT2D eigenvalue weighted by Gasteiger charge is 2.38. The molecule has 0 spiro atoms. The molecular formula is C20H16F2N2O2S. The van der Waals surface area contributed by atoms with E-state index in [0.29, 0.717) is 16.4 Å². The Morgan fingerprint density at radius 1 is 1.11 bits per heavy atom. The van der Waals surface area contributed by atoms with Crippen LogP contribution in [0.1, 0.15) is 16.8 Å². The summed E-state index contributed by atoms with van der Waals surface area (Å²) >= 11 is 1.18. The minimum atomic E-state index is -0.623. The van der Waals surface area contributed by atoms with E-state index in [1.807, 2.05) is 0 Å². The summed E-state index contributed by atoms with van der Waals surface area (Å²) < 4.78 is 26.1. The number of Topliss-reactive ketones (excluding diaryl/α,β-unsaturated/α-hetero) is 1. The summed E-state index contributed by atoms with van der Waals surface area (Å²) in [6, 6.07) is 10.8. The summed E-state index contributed by atoms with van der Waals surface area (Å²) in [5, 5.41) is -0.190. The molecule has 0 N–H and O–H groups in total. The molecule has 1 saturated heterocycles. The van der Waals surface area contributed by atoms with Gasteiger partial charge in [-0.2, -0.15) is 0 Å². The minimum Gasteiger partial charge on any atom is -0.294 e. The maximum atomic E-state index is 13.1. The SMILES string of the molecule is C=CCN1C(=O)[C@@H](CC(=O)c2ccc(F)cc2)SC1=Nc1ccc(F)cc1. The highest BCUT2D eigenvalue weighted by molar-refractivity contribution is 8.15. The number of aliphatic imine (C=N–C) groups is 1. The lowest BCUT2D eigenvalue weighted by Crippen LogP contribution is -2.32. The summed E-state index contributed by atoms with van der Waals surface area (Å²) in [6.45, 7) is 3.90. The van der Waals surface area contributed by atoms with Gasteiger partial charge < -0.3 is 0 Å². The van der Waals surface area contributed by atoms with Gasteiger partial charge in [0.2, 0.25) is 5.91 Å². The highest BCUT2D eigenvalue weighted by atomic mass is 32.2. The number of carbonyl (C=O) groups is 2. The average Bonchev–Trinajstić information content (AvgIpc) is 2.93. The van der Waals surface area contributed by atoms with E-state index in [4.69, 9.17) is 0 Å². The number of hydrogen-bond acceptors (Lipinski definition) is 4. The number of carbonyl (C=O) groups excluding carboxylic acids is 2. The Morgan fingerprint density at radius 2 is 1.70 bits per heavy atom. The van der Waals surface area contributed by atoms with Gasteiger partial charge in [0.25, 0.3) is 0 Å². The zero-order valence-corrected chi connectivity index (χ0v) is 15.1. The number of hydrogen-bond donors (Lipinski definition) is 0. The van der Waals surface area contributed by atoms with Crippen LogP contribution in [0, 0.1) is 11.6 Å². The standard InChI is InChI=1S/C20H16F2N2O2S/c1-2-11-24-19(26)18(12-17(25)13-3-5-14(21)6-4-13)27-20(24)23-16-9-7-15(22)8-10-16/h2-10,18H,1,11-12H2/t18-/m1/s1. The Hall–Kier alpha value is -2.80. The Labute approximate surface area is 159 Å². The number of halogens is 2. The number of thioether (sulfide) groups is 1. The summed E-state index contributed by atoms with van der Waals surface area (Å²) in [5.41, 5.74) is 0.857. The third-order valence-electron chi connectivity index (χ3n) is 3.92. The maximum Gasteiger partial charge on any atom is 0.242 e. The second kappa shape index (κ2) is 8.26. The van der Waals surface area contributed by atoms with E-state index in [9.17, 15) is 18.4 Å². The molecule has 2 aromatic carbocycles. The molecule has 4 nitrogen and oxygen atoms in total. The first-order chi connectivity index (χ1) is 13.0. The maximum absolute atomic E-state index is 13.1. The van der Waals surface area contributed by atoms with Crippen LogP contribution in [0.5, 0.6) is 0 Å². The van der Waals surface area contributed by atoms with E-state index < -0.39 is 11.1 Å². The average molecular weight is 386 g/mol. The van der Waals surface area contributed by atoms with Gasteiger partial charge in [0, 0.05) is 18.5 Å². The topological polar surface area (TPSA) is 49.7 Å². The Morgan fingerprint density at radius 3 is 2.30 bits per heavy atom. The highest BCUT2D eigenvalue weighted by Crippen LogP contribution is 2.32. The molecule has 138 valence electrons. The number of amides is 1. The molecule has 0 bridgehead atoms. The molecule has 0 radical (unpaired) electrons. The fraction of sp³-hybridized carbons (Fsp3) is 0.150. The van der Waals surface area contributed by atoms with Crippen molar-refractivity contribution >= 4 is 34.3 Å². The molecule has 1 atom stereocenters. The predicted octanol–water partition coefficient (Wildman–Crippen LogP) is 4.36. The number of amidine groups is 1. The van der Waals surface area contributed by atoms with Crippen molar-refractivity contribution < 1.29 is 18.4 Å². The van der Waals surface area contributed by atoms with Gasteiger partial charge in [-0.1, -0.05) is 17.8 Å². The van der Waals surface area contributed by atoms with Crippen molar-refractivity contribution in [2.45, 2.75) is 11.7 Å². The minimum absolute atomic E-state index is 0.0226. The zero-order valence-electron chi connectivity index (χ0n) is 14.3. The predicted molar refractivity (Wildman–Crippen MR) is 102 cm³/mol. The smallest absolute Gasteiger partial charge is 0.242 e. The third kappa shape index (κ3) is 4.49. The van der Waals surface area contributed by atoms with Gasteiger partial charge in [-0.05, 0) is 48.5 Å². The Balaban J connectivity index is 1.79. The van der Waals surface area contributed by atoms with Crippen molar-refractivity contribution in [1.82, 2.24) is 4.90 Å². The van der Waals surface area contributed by atoms with Gasteiger partial charge in [0.05, 0.1) is 10.9 Å². The summed E-state index contributed by atoms with van der Waals surface area (Å²) in [6.07, 6.45) is 1.55. The molecule has 0 aliphatic carbocycles. The third-order valence-corrected chi connectivity index (χ3v) is 5.10. The first-order valence-corrected chi connectivity index (χ1v) is 9.08. The van der Waals surface area contributed by atoms with Crippen LogP contribution >= 0.6 is 11.8 Å². The molecule has 0 saturated carbocycles. The van der Waals surface area contributed by atoms with Crippen molar-refractivity contribution in [3.63, 3.8) is 0 Å². The van der Waals surface area contributed by atoms with Crippen molar-refractivity contribution in [3.05, 3.63) is 78.4 Å². The van der Waals surface area contributed by atoms with Gasteiger partial charge in [0.1, 0.15) is 11.6 Å². The lowest BCUT2D eigenvalue weighted by molar-refractivity contribution is -0.125. The van der Waals surface area contributed by atoms with Crippen molar-refractivity contribution in [1.29, 1.82) is 0 Å². The first kappa shape index (κ1) is 19.0. The second-order valence-corrected chi connectivity index (χ2v) is 7.02. The van der Waals surface area contributed by atoms with Crippen LogP contribution in [0.4, 0.5) is 14.5 Å². The molecule has 7 heteroatoms. The monoisotopic (exact) mass is 386 g/mol. The number of benzene rings is 2. The number of rotatable bonds is 6. The number of nitrogens with zero attached hydrogens (tertiary/aromatic N) is 2.